The molecule has 186 valence electrons. The van der Waals surface area contributed by atoms with Gasteiger partial charge >= 0.3 is 0 Å². The normalized spacial score (nSPS) is 15.4. The predicted molar refractivity (Wildman–Crippen MR) is 128 cm³/mol. The Morgan fingerprint density at radius 2 is 1.97 bits per heavy atom. The molecule has 1 aliphatic rings. The summed E-state index contributed by atoms with van der Waals surface area (Å²) in [5.74, 6) is -1.21. The van der Waals surface area contributed by atoms with Crippen LogP contribution in [-0.4, -0.2) is 37.8 Å². The van der Waals surface area contributed by atoms with Crippen molar-refractivity contribution in [3.05, 3.63) is 47.5 Å². The number of halogens is 1. The Balaban J connectivity index is 1.56. The molecule has 4 rings (SSSR count). The summed E-state index contributed by atoms with van der Waals surface area (Å²) in [5.41, 5.74) is 2.19. The summed E-state index contributed by atoms with van der Waals surface area (Å²) in [6.45, 7) is 5.93. The van der Waals surface area contributed by atoms with E-state index in [1.807, 2.05) is 6.92 Å². The summed E-state index contributed by atoms with van der Waals surface area (Å²) >= 11 is 0. The Labute approximate surface area is 203 Å². The van der Waals surface area contributed by atoms with Gasteiger partial charge in [-0.3, -0.25) is 14.3 Å². The maximum Gasteiger partial charge on any atom is 0.270 e. The van der Waals surface area contributed by atoms with Crippen molar-refractivity contribution in [2.24, 2.45) is 5.92 Å². The topological polar surface area (TPSA) is 115 Å². The van der Waals surface area contributed by atoms with Crippen LogP contribution in [0.15, 0.2) is 29.0 Å². The van der Waals surface area contributed by atoms with Gasteiger partial charge in [-0.15, -0.1) is 0 Å². The molecule has 1 atom stereocenters. The molecular formula is C25H31FN6O3. The lowest BCUT2D eigenvalue weighted by atomic mass is 9.91. The fourth-order valence-electron chi connectivity index (χ4n) is 4.79. The van der Waals surface area contributed by atoms with Crippen LogP contribution in [-0.2, 0) is 11.3 Å². The molecule has 0 spiro atoms. The van der Waals surface area contributed by atoms with E-state index >= 15 is 0 Å². The van der Waals surface area contributed by atoms with E-state index in [9.17, 15) is 14.0 Å². The van der Waals surface area contributed by atoms with Crippen LogP contribution in [0.1, 0.15) is 67.4 Å². The van der Waals surface area contributed by atoms with E-state index in [2.05, 4.69) is 25.9 Å². The number of rotatable bonds is 7. The zero-order valence-corrected chi connectivity index (χ0v) is 20.3. The van der Waals surface area contributed by atoms with Gasteiger partial charge in [-0.2, -0.15) is 5.10 Å². The molecule has 1 saturated carbocycles. The van der Waals surface area contributed by atoms with Crippen molar-refractivity contribution in [3.63, 3.8) is 0 Å². The first kappa shape index (κ1) is 24.6. The minimum atomic E-state index is -0.816. The first-order valence-corrected chi connectivity index (χ1v) is 12.1. The van der Waals surface area contributed by atoms with Gasteiger partial charge in [-0.1, -0.05) is 30.8 Å². The third kappa shape index (κ3) is 5.41. The van der Waals surface area contributed by atoms with Crippen LogP contribution >= 0.6 is 0 Å². The summed E-state index contributed by atoms with van der Waals surface area (Å²) in [6.07, 6.45) is 8.81. The van der Waals surface area contributed by atoms with Crippen molar-refractivity contribution in [1.29, 1.82) is 0 Å². The molecule has 0 unspecified atom stereocenters. The lowest BCUT2D eigenvalue weighted by Gasteiger charge is -2.26. The Morgan fingerprint density at radius 3 is 2.60 bits per heavy atom. The number of hydrogen-bond acceptors (Lipinski definition) is 6. The van der Waals surface area contributed by atoms with Crippen molar-refractivity contribution >= 4 is 17.6 Å². The molecule has 0 aromatic carbocycles. The monoisotopic (exact) mass is 482 g/mol. The molecule has 1 fully saturated rings. The second kappa shape index (κ2) is 10.8. The highest BCUT2D eigenvalue weighted by Gasteiger charge is 2.32. The van der Waals surface area contributed by atoms with Crippen LogP contribution in [0.4, 0.5) is 10.2 Å². The molecule has 9 nitrogen and oxygen atoms in total. The Kier molecular flexibility index (Phi) is 7.57. The van der Waals surface area contributed by atoms with Crippen LogP contribution in [0.5, 0.6) is 0 Å². The van der Waals surface area contributed by atoms with Crippen LogP contribution in [0.2, 0.25) is 0 Å². The number of hydrogen-bond donors (Lipinski definition) is 2. The lowest BCUT2D eigenvalue weighted by molar-refractivity contribution is -0.119. The summed E-state index contributed by atoms with van der Waals surface area (Å²) in [4.78, 5) is 30.6. The highest BCUT2D eigenvalue weighted by Crippen LogP contribution is 2.29. The number of amides is 2. The first-order chi connectivity index (χ1) is 16.9. The van der Waals surface area contributed by atoms with Gasteiger partial charge in [0.05, 0.1) is 5.69 Å². The van der Waals surface area contributed by atoms with Crippen molar-refractivity contribution in [2.75, 3.05) is 5.32 Å². The van der Waals surface area contributed by atoms with Gasteiger partial charge in [0.1, 0.15) is 17.5 Å². The minimum absolute atomic E-state index is 0.0518. The third-order valence-electron chi connectivity index (χ3n) is 6.59. The fourth-order valence-corrected chi connectivity index (χ4v) is 4.79. The molecule has 0 aliphatic heterocycles. The van der Waals surface area contributed by atoms with E-state index < -0.39 is 17.8 Å². The van der Waals surface area contributed by atoms with Crippen molar-refractivity contribution in [2.45, 2.75) is 71.9 Å². The molecule has 0 radical (unpaired) electrons. The van der Waals surface area contributed by atoms with E-state index in [-0.39, 0.29) is 17.6 Å². The molecule has 3 heterocycles. The number of aryl methyl sites for hydroxylation is 3. The summed E-state index contributed by atoms with van der Waals surface area (Å²) in [5, 5.41) is 13.5. The maximum absolute atomic E-state index is 15.0. The van der Waals surface area contributed by atoms with Crippen molar-refractivity contribution in [3.8, 4) is 11.1 Å². The second-order valence-corrected chi connectivity index (χ2v) is 8.98. The van der Waals surface area contributed by atoms with Crippen molar-refractivity contribution in [1.82, 2.24) is 25.2 Å². The SMILES string of the molecule is CCn1nccc1C(=O)N[C@H](C(=O)Nc1ncc(-c2c(C)noc2C)cc1F)C1CCCCCC1. The Hall–Kier alpha value is -3.56. The van der Waals surface area contributed by atoms with Crippen molar-refractivity contribution < 1.29 is 18.5 Å². The number of anilines is 1. The molecular weight excluding hydrogens is 451 g/mol. The number of nitrogens with zero attached hydrogens (tertiary/aromatic N) is 4. The number of nitrogens with one attached hydrogen (secondary N) is 2. The molecule has 0 saturated heterocycles. The number of aromatic nitrogens is 4. The molecule has 3 aromatic rings. The van der Waals surface area contributed by atoms with E-state index in [1.165, 1.54) is 12.3 Å². The molecule has 0 bridgehead atoms. The number of pyridine rings is 1. The smallest absolute Gasteiger partial charge is 0.270 e. The Morgan fingerprint density at radius 1 is 1.23 bits per heavy atom. The van der Waals surface area contributed by atoms with Gasteiger partial charge in [0.2, 0.25) is 5.91 Å². The van der Waals surface area contributed by atoms with Gasteiger partial charge in [-0.05, 0) is 51.7 Å². The average molecular weight is 483 g/mol. The lowest BCUT2D eigenvalue weighted by Crippen LogP contribution is -2.49. The Bertz CT molecular complexity index is 1180. The average Bonchev–Trinajstić information content (AvgIpc) is 3.35. The van der Waals surface area contributed by atoms with Gasteiger partial charge in [-0.25, -0.2) is 9.37 Å². The molecule has 2 N–H and O–H groups in total. The van der Waals surface area contributed by atoms with Crippen LogP contribution in [0, 0.1) is 25.6 Å². The predicted octanol–water partition coefficient (Wildman–Crippen LogP) is 4.42. The molecule has 2 amide bonds. The van der Waals surface area contributed by atoms with Crippen LogP contribution in [0.3, 0.4) is 0 Å². The molecule has 10 heteroatoms. The maximum atomic E-state index is 15.0. The summed E-state index contributed by atoms with van der Waals surface area (Å²) in [6, 6.07) is 2.10. The second-order valence-electron chi connectivity index (χ2n) is 8.98. The van der Waals surface area contributed by atoms with E-state index in [0.29, 0.717) is 34.8 Å². The number of carbonyl (C=O) groups excluding carboxylic acids is 2. The fraction of sp³-hybridized carbons (Fsp3) is 0.480. The van der Waals surface area contributed by atoms with Gasteiger partial charge < -0.3 is 15.2 Å². The standard InChI is InChI=1S/C25H31FN6O3/c1-4-32-20(11-12-28-32)24(33)29-22(17-9-7-5-6-8-10-17)25(34)30-23-19(26)13-18(14-27-23)21-15(2)31-35-16(21)3/h11-14,17,22H,4-10H2,1-3H3,(H,29,33)(H,27,30,34)/t22-/m0/s1. The first-order valence-electron chi connectivity index (χ1n) is 12.1. The highest BCUT2D eigenvalue weighted by molar-refractivity contribution is 6.00. The molecule has 1 aliphatic carbocycles. The highest BCUT2D eigenvalue weighted by atomic mass is 19.1. The molecule has 35 heavy (non-hydrogen) atoms. The summed E-state index contributed by atoms with van der Waals surface area (Å²) in [7, 11) is 0. The third-order valence-corrected chi connectivity index (χ3v) is 6.59. The van der Waals surface area contributed by atoms with E-state index in [4.69, 9.17) is 4.52 Å². The quantitative estimate of drug-likeness (QED) is 0.482. The zero-order valence-electron chi connectivity index (χ0n) is 20.3. The minimum Gasteiger partial charge on any atom is -0.361 e. The molecule has 3 aromatic heterocycles. The number of carbonyl (C=O) groups is 2. The van der Waals surface area contributed by atoms with Gasteiger partial charge in [0.25, 0.3) is 5.91 Å². The largest absolute Gasteiger partial charge is 0.361 e. The van der Waals surface area contributed by atoms with Crippen LogP contribution < -0.4 is 10.6 Å². The van der Waals surface area contributed by atoms with E-state index in [1.54, 1.807) is 30.8 Å². The zero-order chi connectivity index (χ0) is 24.9. The summed E-state index contributed by atoms with van der Waals surface area (Å²) < 4.78 is 21.7. The van der Waals surface area contributed by atoms with Gasteiger partial charge in [0.15, 0.2) is 11.6 Å². The van der Waals surface area contributed by atoms with E-state index in [0.717, 1.165) is 38.5 Å². The van der Waals surface area contributed by atoms with Crippen LogP contribution in [0.25, 0.3) is 11.1 Å². The van der Waals surface area contributed by atoms with Gasteiger partial charge in [0, 0.05) is 30.1 Å².